The zero-order valence-electron chi connectivity index (χ0n) is 31.5. The van der Waals surface area contributed by atoms with Crippen molar-refractivity contribution in [2.75, 3.05) is 50.0 Å². The van der Waals surface area contributed by atoms with Gasteiger partial charge in [0.2, 0.25) is 0 Å². The number of hydrogen-bond donors (Lipinski definition) is 6. The minimum Gasteiger partial charge on any atom is -0.486 e. The van der Waals surface area contributed by atoms with Crippen LogP contribution in [0.4, 0.5) is 11.4 Å². The van der Waals surface area contributed by atoms with E-state index in [4.69, 9.17) is 9.47 Å². The molecule has 0 saturated carbocycles. The Labute approximate surface area is 318 Å². The second-order valence-corrected chi connectivity index (χ2v) is 15.5. The van der Waals surface area contributed by atoms with Crippen LogP contribution >= 0.6 is 0 Å². The number of ether oxygens (including phenoxy) is 2. The van der Waals surface area contributed by atoms with E-state index >= 15 is 0 Å². The van der Waals surface area contributed by atoms with E-state index in [0.29, 0.717) is 42.3 Å². The van der Waals surface area contributed by atoms with Crippen LogP contribution in [0.5, 0.6) is 11.5 Å². The molecule has 4 aromatic carbocycles. The third-order valence-corrected chi connectivity index (χ3v) is 11.5. The lowest BCUT2D eigenvalue weighted by atomic mass is 9.77. The summed E-state index contributed by atoms with van der Waals surface area (Å²) in [6.45, 7) is 10.7. The van der Waals surface area contributed by atoms with E-state index in [0.717, 1.165) is 91.4 Å². The van der Waals surface area contributed by atoms with Gasteiger partial charge in [-0.05, 0) is 111 Å². The Bertz CT molecular complexity index is 2020. The van der Waals surface area contributed by atoms with E-state index in [1.807, 2.05) is 62.4 Å². The molecule has 2 amide bonds. The molecule has 0 aromatic heterocycles. The summed E-state index contributed by atoms with van der Waals surface area (Å²) in [5.74, 6) is 1.61. The Balaban J connectivity index is 0.994. The summed E-state index contributed by atoms with van der Waals surface area (Å²) in [6, 6.07) is 24.9. The van der Waals surface area contributed by atoms with Crippen molar-refractivity contribution in [2.45, 2.75) is 70.6 Å². The van der Waals surface area contributed by atoms with Crippen molar-refractivity contribution >= 4 is 23.2 Å². The van der Waals surface area contributed by atoms with Gasteiger partial charge in [0.15, 0.2) is 11.5 Å². The fraction of sp³-hybridized carbons (Fsp3) is 0.409. The predicted octanol–water partition coefficient (Wildman–Crippen LogP) is 6.00. The van der Waals surface area contributed by atoms with E-state index in [-0.39, 0.29) is 23.9 Å². The molecule has 10 nitrogen and oxygen atoms in total. The van der Waals surface area contributed by atoms with Crippen LogP contribution in [0.3, 0.4) is 0 Å². The third kappa shape index (κ3) is 7.77. The highest BCUT2D eigenvalue weighted by Crippen LogP contribution is 2.41. The normalized spacial score (nSPS) is 19.0. The lowest BCUT2D eigenvalue weighted by molar-refractivity contribution is 0.0922. The van der Waals surface area contributed by atoms with Crippen LogP contribution in [-0.2, 0) is 12.8 Å². The largest absolute Gasteiger partial charge is 0.486 e. The Morgan fingerprint density at radius 1 is 0.759 bits per heavy atom. The van der Waals surface area contributed by atoms with E-state index in [1.54, 1.807) is 0 Å². The van der Waals surface area contributed by atoms with Gasteiger partial charge in [0.05, 0.1) is 24.2 Å². The van der Waals surface area contributed by atoms with Gasteiger partial charge < -0.3 is 41.4 Å². The molecule has 1 aliphatic carbocycles. The van der Waals surface area contributed by atoms with Gasteiger partial charge in [-0.1, -0.05) is 42.5 Å². The van der Waals surface area contributed by atoms with Crippen LogP contribution in [0.25, 0.3) is 0 Å². The zero-order chi connectivity index (χ0) is 37.2. The molecule has 0 bridgehead atoms. The van der Waals surface area contributed by atoms with Gasteiger partial charge >= 0.3 is 0 Å². The minimum atomic E-state index is -0.275. The summed E-state index contributed by atoms with van der Waals surface area (Å²) >= 11 is 0. The first-order valence-electron chi connectivity index (χ1n) is 19.6. The number of aryl methyl sites for hydroxylation is 2. The molecular formula is C44H52N6O4. The van der Waals surface area contributed by atoms with Gasteiger partial charge in [-0.2, -0.15) is 0 Å². The molecular weight excluding hydrogens is 677 g/mol. The molecule has 0 spiro atoms. The lowest BCUT2D eigenvalue weighted by Gasteiger charge is -2.32. The summed E-state index contributed by atoms with van der Waals surface area (Å²) in [4.78, 5) is 27.8. The monoisotopic (exact) mass is 728 g/mol. The van der Waals surface area contributed by atoms with Crippen molar-refractivity contribution in [2.24, 2.45) is 5.92 Å². The van der Waals surface area contributed by atoms with Gasteiger partial charge in [0, 0.05) is 54.2 Å². The highest BCUT2D eigenvalue weighted by molar-refractivity contribution is 5.97. The molecule has 3 atom stereocenters. The number of anilines is 2. The molecule has 2 saturated heterocycles. The Morgan fingerprint density at radius 2 is 1.37 bits per heavy atom. The van der Waals surface area contributed by atoms with Crippen LogP contribution in [0.1, 0.15) is 85.9 Å². The third-order valence-electron chi connectivity index (χ3n) is 11.5. The van der Waals surface area contributed by atoms with E-state index in [9.17, 15) is 9.59 Å². The number of fused-ring (bicyclic) bond motifs is 2. The summed E-state index contributed by atoms with van der Waals surface area (Å²) < 4.78 is 12.2. The van der Waals surface area contributed by atoms with Crippen molar-refractivity contribution in [3.05, 3.63) is 117 Å². The topological polar surface area (TPSA) is 125 Å². The fourth-order valence-corrected chi connectivity index (χ4v) is 8.24. The molecule has 8 rings (SSSR count). The Hall–Kier alpha value is -5.06. The number of benzene rings is 4. The van der Waals surface area contributed by atoms with E-state index < -0.39 is 0 Å². The second-order valence-electron chi connectivity index (χ2n) is 15.5. The minimum absolute atomic E-state index is 0.0609. The first-order chi connectivity index (χ1) is 26.3. The standard InChI is InChI=1S/C44H52N6O4/c1-26-10-13-31(48-33-22-45-23-33)20-38(26)43(51)47-28(3)35-7-4-6-30-18-29(12-15-36(30)35)19-40(37-8-5-9-41-42(37)54-17-16-53-41)50-44(52)39-21-32(14-11-27(39)2)49-34-24-46-25-34/h4-11,13-14,20-21,28-29,33-34,40,45-46,48-49H,12,15-19,22-25H2,1-3H3,(H,47,51)(H,50,52). The maximum Gasteiger partial charge on any atom is 0.252 e. The molecule has 6 N–H and O–H groups in total. The number of amides is 2. The molecule has 3 heterocycles. The number of para-hydroxylation sites is 1. The van der Waals surface area contributed by atoms with Crippen LogP contribution < -0.4 is 41.4 Å². The number of nitrogens with one attached hydrogen (secondary N) is 6. The van der Waals surface area contributed by atoms with Crippen molar-refractivity contribution in [3.63, 3.8) is 0 Å². The summed E-state index contributed by atoms with van der Waals surface area (Å²) in [5, 5.41) is 20.4. The number of rotatable bonds is 12. The quantitative estimate of drug-likeness (QED) is 0.105. The maximum absolute atomic E-state index is 14.1. The Kier molecular flexibility index (Phi) is 10.5. The molecule has 54 heavy (non-hydrogen) atoms. The average Bonchev–Trinajstić information content (AvgIpc) is 3.14. The average molecular weight is 729 g/mol. The van der Waals surface area contributed by atoms with Crippen LogP contribution in [0.2, 0.25) is 0 Å². The van der Waals surface area contributed by atoms with Gasteiger partial charge in [0.25, 0.3) is 11.8 Å². The summed E-state index contributed by atoms with van der Waals surface area (Å²) in [7, 11) is 0. The van der Waals surface area contributed by atoms with E-state index in [1.165, 1.54) is 16.7 Å². The zero-order valence-corrected chi connectivity index (χ0v) is 31.5. The van der Waals surface area contributed by atoms with Crippen molar-refractivity contribution in [3.8, 4) is 11.5 Å². The second kappa shape index (κ2) is 15.7. The van der Waals surface area contributed by atoms with Crippen molar-refractivity contribution in [1.29, 1.82) is 0 Å². The Morgan fingerprint density at radius 3 is 2.02 bits per heavy atom. The molecule has 3 unspecified atom stereocenters. The van der Waals surface area contributed by atoms with Gasteiger partial charge in [-0.3, -0.25) is 9.59 Å². The molecule has 4 aromatic rings. The van der Waals surface area contributed by atoms with Crippen molar-refractivity contribution in [1.82, 2.24) is 21.3 Å². The molecule has 3 aliphatic heterocycles. The maximum atomic E-state index is 14.1. The molecule has 0 radical (unpaired) electrons. The fourth-order valence-electron chi connectivity index (χ4n) is 8.24. The first-order valence-corrected chi connectivity index (χ1v) is 19.6. The van der Waals surface area contributed by atoms with Gasteiger partial charge in [-0.15, -0.1) is 0 Å². The highest BCUT2D eigenvalue weighted by atomic mass is 16.6. The first kappa shape index (κ1) is 35.9. The molecule has 282 valence electrons. The van der Waals surface area contributed by atoms with Crippen molar-refractivity contribution < 1.29 is 19.1 Å². The number of hydrogen-bond acceptors (Lipinski definition) is 8. The highest BCUT2D eigenvalue weighted by Gasteiger charge is 2.30. The van der Waals surface area contributed by atoms with Gasteiger partial charge in [0.1, 0.15) is 13.2 Å². The molecule has 2 fully saturated rings. The number of carbonyl (C=O) groups excluding carboxylic acids is 2. The summed E-state index contributed by atoms with van der Waals surface area (Å²) in [6.07, 6.45) is 3.52. The SMILES string of the molecule is Cc1ccc(NC2CNC2)cc1C(=O)NC(C)c1cccc2c1CCC(CC(NC(=O)c1cc(NC3CNC3)ccc1C)c1cccc3c1OCCO3)C2. The lowest BCUT2D eigenvalue weighted by Crippen LogP contribution is -2.51. The van der Waals surface area contributed by atoms with Crippen LogP contribution in [0, 0.1) is 19.8 Å². The van der Waals surface area contributed by atoms with Gasteiger partial charge in [-0.25, -0.2) is 0 Å². The molecule has 10 heteroatoms. The van der Waals surface area contributed by atoms with E-state index in [2.05, 4.69) is 63.1 Å². The van der Waals surface area contributed by atoms with Crippen LogP contribution in [-0.4, -0.2) is 63.3 Å². The van der Waals surface area contributed by atoms with Crippen LogP contribution in [0.15, 0.2) is 72.8 Å². The predicted molar refractivity (Wildman–Crippen MR) is 213 cm³/mol. The molecule has 4 aliphatic rings. The summed E-state index contributed by atoms with van der Waals surface area (Å²) in [5.41, 5.74) is 9.93. The smallest absolute Gasteiger partial charge is 0.252 e. The number of carbonyl (C=O) groups is 2.